The van der Waals surface area contributed by atoms with E-state index < -0.39 is 0 Å². The summed E-state index contributed by atoms with van der Waals surface area (Å²) in [5.41, 5.74) is 0.554. The second-order valence-electron chi connectivity index (χ2n) is 6.12. The van der Waals surface area contributed by atoms with E-state index in [2.05, 4.69) is 33.2 Å². The van der Waals surface area contributed by atoms with E-state index >= 15 is 0 Å². The molecule has 0 saturated carbocycles. The maximum Gasteiger partial charge on any atom is 0.255 e. The number of carbonyl (C=O) groups is 2. The summed E-state index contributed by atoms with van der Waals surface area (Å²) in [7, 11) is 0. The van der Waals surface area contributed by atoms with E-state index in [1.54, 1.807) is 23.4 Å². The Morgan fingerprint density at radius 2 is 2.17 bits per heavy atom. The molecule has 2 rings (SSSR count). The van der Waals surface area contributed by atoms with Crippen LogP contribution in [0.3, 0.4) is 0 Å². The number of nitrogens with one attached hydrogen (secondary N) is 1. The fourth-order valence-corrected chi connectivity index (χ4v) is 3.20. The smallest absolute Gasteiger partial charge is 0.255 e. The lowest BCUT2D eigenvalue weighted by molar-refractivity contribution is -0.126. The molecule has 0 bridgehead atoms. The van der Waals surface area contributed by atoms with Crippen molar-refractivity contribution in [2.75, 3.05) is 13.1 Å². The van der Waals surface area contributed by atoms with Crippen LogP contribution < -0.4 is 5.32 Å². The zero-order valence-electron chi connectivity index (χ0n) is 13.7. The molecule has 2 unspecified atom stereocenters. The zero-order valence-corrected chi connectivity index (χ0v) is 15.3. The number of pyridine rings is 1. The molecule has 1 aliphatic rings. The van der Waals surface area contributed by atoms with Gasteiger partial charge in [-0.05, 0) is 48.2 Å². The van der Waals surface area contributed by atoms with E-state index in [0.29, 0.717) is 18.7 Å². The van der Waals surface area contributed by atoms with Crippen LogP contribution in [0.2, 0.25) is 0 Å². The molecule has 0 radical (unpaired) electrons. The van der Waals surface area contributed by atoms with Gasteiger partial charge in [0, 0.05) is 36.0 Å². The summed E-state index contributed by atoms with van der Waals surface area (Å²) in [5.74, 6) is -0.111. The van der Waals surface area contributed by atoms with Crippen LogP contribution in [0.5, 0.6) is 0 Å². The van der Waals surface area contributed by atoms with Gasteiger partial charge in [-0.15, -0.1) is 0 Å². The van der Waals surface area contributed by atoms with Crippen LogP contribution in [-0.2, 0) is 4.79 Å². The minimum absolute atomic E-state index is 0.0580. The summed E-state index contributed by atoms with van der Waals surface area (Å²) in [4.78, 5) is 30.9. The van der Waals surface area contributed by atoms with Crippen LogP contribution in [0.25, 0.3) is 0 Å². The predicted molar refractivity (Wildman–Crippen MR) is 93.1 cm³/mol. The molecule has 2 atom stereocenters. The van der Waals surface area contributed by atoms with E-state index in [1.165, 1.54) is 0 Å². The predicted octanol–water partition coefficient (Wildman–Crippen LogP) is 3.00. The van der Waals surface area contributed by atoms with Crippen LogP contribution in [0, 0.1) is 5.92 Å². The first kappa shape index (κ1) is 17.9. The maximum atomic E-state index is 12.7. The Balaban J connectivity index is 2.03. The number of hydrogen-bond donors (Lipinski definition) is 1. The van der Waals surface area contributed by atoms with Gasteiger partial charge in [-0.3, -0.25) is 14.6 Å². The SMILES string of the molecule is CCCCNC(=O)C1CCC(C)N(C(=O)c2cncc(Br)c2)C1. The third kappa shape index (κ3) is 4.77. The number of nitrogens with zero attached hydrogens (tertiary/aromatic N) is 2. The number of piperidine rings is 1. The van der Waals surface area contributed by atoms with Gasteiger partial charge in [0.05, 0.1) is 11.5 Å². The van der Waals surface area contributed by atoms with Crippen molar-refractivity contribution in [3.8, 4) is 0 Å². The molecule has 2 heterocycles. The molecule has 0 spiro atoms. The Hall–Kier alpha value is -1.43. The maximum absolute atomic E-state index is 12.7. The molecule has 5 nitrogen and oxygen atoms in total. The van der Waals surface area contributed by atoms with E-state index in [1.807, 2.05) is 6.92 Å². The van der Waals surface area contributed by atoms with E-state index in [0.717, 1.165) is 30.2 Å². The fourth-order valence-electron chi connectivity index (χ4n) is 2.83. The van der Waals surface area contributed by atoms with Crippen LogP contribution >= 0.6 is 15.9 Å². The van der Waals surface area contributed by atoms with Gasteiger partial charge in [-0.2, -0.15) is 0 Å². The molecule has 1 N–H and O–H groups in total. The number of halogens is 1. The average molecular weight is 382 g/mol. The second-order valence-corrected chi connectivity index (χ2v) is 7.03. The molecule has 1 aromatic heterocycles. The zero-order chi connectivity index (χ0) is 16.8. The van der Waals surface area contributed by atoms with Gasteiger partial charge in [0.15, 0.2) is 0 Å². The van der Waals surface area contributed by atoms with Crippen molar-refractivity contribution >= 4 is 27.7 Å². The highest BCUT2D eigenvalue weighted by Gasteiger charge is 2.33. The summed E-state index contributed by atoms with van der Waals surface area (Å²) in [6.07, 6.45) is 6.95. The molecule has 0 aromatic carbocycles. The summed E-state index contributed by atoms with van der Waals surface area (Å²) in [6, 6.07) is 1.91. The lowest BCUT2D eigenvalue weighted by atomic mass is 9.92. The summed E-state index contributed by atoms with van der Waals surface area (Å²) in [6.45, 7) is 5.32. The number of rotatable bonds is 5. The topological polar surface area (TPSA) is 62.3 Å². The Morgan fingerprint density at radius 1 is 1.39 bits per heavy atom. The van der Waals surface area contributed by atoms with Gasteiger partial charge < -0.3 is 10.2 Å². The highest BCUT2D eigenvalue weighted by molar-refractivity contribution is 9.10. The van der Waals surface area contributed by atoms with Gasteiger partial charge in [0.2, 0.25) is 5.91 Å². The highest BCUT2D eigenvalue weighted by atomic mass is 79.9. The standard InChI is InChI=1S/C17H24BrN3O2/c1-3-4-7-20-16(22)13-6-5-12(2)21(11-13)17(23)14-8-15(18)10-19-9-14/h8-10,12-13H,3-7,11H2,1-2H3,(H,20,22). The van der Waals surface area contributed by atoms with E-state index in [-0.39, 0.29) is 23.8 Å². The molecule has 23 heavy (non-hydrogen) atoms. The Bertz CT molecular complexity index is 565. The minimum atomic E-state index is -0.118. The first-order valence-corrected chi connectivity index (χ1v) is 9.01. The van der Waals surface area contributed by atoms with Crippen molar-refractivity contribution in [3.63, 3.8) is 0 Å². The lowest BCUT2D eigenvalue weighted by Gasteiger charge is -2.37. The van der Waals surface area contributed by atoms with Gasteiger partial charge in [0.1, 0.15) is 0 Å². The Morgan fingerprint density at radius 3 is 2.87 bits per heavy atom. The normalized spacial score (nSPS) is 21.1. The molecule has 0 aliphatic carbocycles. The Kier molecular flexibility index (Phi) is 6.57. The molecule has 126 valence electrons. The summed E-state index contributed by atoms with van der Waals surface area (Å²) in [5, 5.41) is 2.98. The highest BCUT2D eigenvalue weighted by Crippen LogP contribution is 2.24. The molecule has 1 fully saturated rings. The molecule has 1 aromatic rings. The van der Waals surface area contributed by atoms with Crippen molar-refractivity contribution < 1.29 is 9.59 Å². The van der Waals surface area contributed by atoms with Crippen LogP contribution in [-0.4, -0.2) is 40.8 Å². The van der Waals surface area contributed by atoms with Gasteiger partial charge >= 0.3 is 0 Å². The van der Waals surface area contributed by atoms with Crippen molar-refractivity contribution in [2.24, 2.45) is 5.92 Å². The number of carbonyl (C=O) groups excluding carboxylic acids is 2. The number of unbranched alkanes of at least 4 members (excludes halogenated alkanes) is 1. The number of likely N-dealkylation sites (tertiary alicyclic amines) is 1. The van der Waals surface area contributed by atoms with Crippen LogP contribution in [0.1, 0.15) is 49.9 Å². The second kappa shape index (κ2) is 8.43. The third-order valence-corrected chi connectivity index (χ3v) is 4.73. The van der Waals surface area contributed by atoms with Crippen molar-refractivity contribution in [1.82, 2.24) is 15.2 Å². The van der Waals surface area contributed by atoms with Gasteiger partial charge in [-0.1, -0.05) is 13.3 Å². The van der Waals surface area contributed by atoms with E-state index in [9.17, 15) is 9.59 Å². The molecule has 1 aliphatic heterocycles. The quantitative estimate of drug-likeness (QED) is 0.797. The average Bonchev–Trinajstić information content (AvgIpc) is 2.54. The molecule has 2 amide bonds. The number of aromatic nitrogens is 1. The largest absolute Gasteiger partial charge is 0.356 e. The fraction of sp³-hybridized carbons (Fsp3) is 0.588. The van der Waals surface area contributed by atoms with Crippen molar-refractivity contribution in [3.05, 3.63) is 28.5 Å². The molecule has 1 saturated heterocycles. The molecular formula is C17H24BrN3O2. The molecular weight excluding hydrogens is 358 g/mol. The Labute approximate surface area is 146 Å². The van der Waals surface area contributed by atoms with Gasteiger partial charge in [-0.25, -0.2) is 0 Å². The third-order valence-electron chi connectivity index (χ3n) is 4.30. The van der Waals surface area contributed by atoms with Crippen molar-refractivity contribution in [2.45, 2.75) is 45.6 Å². The van der Waals surface area contributed by atoms with Gasteiger partial charge in [0.25, 0.3) is 5.91 Å². The number of amides is 2. The molecule has 6 heteroatoms. The van der Waals surface area contributed by atoms with E-state index in [4.69, 9.17) is 0 Å². The van der Waals surface area contributed by atoms with Crippen molar-refractivity contribution in [1.29, 1.82) is 0 Å². The minimum Gasteiger partial charge on any atom is -0.356 e. The lowest BCUT2D eigenvalue weighted by Crippen LogP contribution is -2.49. The van der Waals surface area contributed by atoms with Crippen LogP contribution in [0.15, 0.2) is 22.9 Å². The monoisotopic (exact) mass is 381 g/mol. The van der Waals surface area contributed by atoms with Crippen LogP contribution in [0.4, 0.5) is 0 Å². The summed E-state index contributed by atoms with van der Waals surface area (Å²) < 4.78 is 0.780. The number of hydrogen-bond acceptors (Lipinski definition) is 3. The first-order valence-electron chi connectivity index (χ1n) is 8.22. The summed E-state index contributed by atoms with van der Waals surface area (Å²) >= 11 is 3.34. The first-order chi connectivity index (χ1) is 11.0.